The number of amides is 1. The largest absolute Gasteiger partial charge is 0.497 e. The molecule has 30 heavy (non-hydrogen) atoms. The van der Waals surface area contributed by atoms with Crippen LogP contribution in [-0.4, -0.2) is 26.4 Å². The van der Waals surface area contributed by atoms with Gasteiger partial charge in [-0.2, -0.15) is 0 Å². The number of allylic oxidation sites excluding steroid dienone is 6. The fourth-order valence-electron chi connectivity index (χ4n) is 2.91. The molecule has 7 nitrogen and oxygen atoms in total. The number of rotatable bonds is 9. The number of carbonyl (C=O) groups is 2. The first-order valence-electron chi connectivity index (χ1n) is 9.36. The first-order chi connectivity index (χ1) is 14.6. The first kappa shape index (κ1) is 21.1. The Morgan fingerprint density at radius 1 is 1.20 bits per heavy atom. The lowest BCUT2D eigenvalue weighted by molar-refractivity contribution is -0.134. The molecule has 3 rings (SSSR count). The molecule has 0 aliphatic heterocycles. The maximum atomic E-state index is 12.2. The van der Waals surface area contributed by atoms with Gasteiger partial charge in [-0.1, -0.05) is 24.3 Å². The molecule has 0 bridgehead atoms. The highest BCUT2D eigenvalue weighted by Gasteiger charge is 2.12. The van der Waals surface area contributed by atoms with E-state index >= 15 is 0 Å². The molecule has 0 saturated heterocycles. The second kappa shape index (κ2) is 10.3. The van der Waals surface area contributed by atoms with Gasteiger partial charge in [0.25, 0.3) is 5.91 Å². The Bertz CT molecular complexity index is 999. The summed E-state index contributed by atoms with van der Waals surface area (Å²) < 4.78 is 16.2. The number of methoxy groups -OCH3 is 2. The minimum atomic E-state index is -0.332. The molecule has 1 aliphatic carbocycles. The Labute approximate surface area is 174 Å². The standard InChI is InChI=1S/C23H23NO6/c1-27-19-9-8-18(22(12-19)28-2)15-29-24-23(26)13-20-10-11-21(30-20)17-5-3-4-16(14-25)6-7-17/h3-6,8-12,14H,7,13,15H2,1-2H3,(H,24,26). The number of hydroxylamine groups is 1. The van der Waals surface area contributed by atoms with Crippen molar-refractivity contribution in [2.45, 2.75) is 19.4 Å². The third-order valence-electron chi connectivity index (χ3n) is 4.50. The number of carbonyl (C=O) groups excluding carboxylic acids is 2. The second-order valence-corrected chi connectivity index (χ2v) is 6.51. The minimum Gasteiger partial charge on any atom is -0.497 e. The summed E-state index contributed by atoms with van der Waals surface area (Å²) in [5.41, 5.74) is 4.74. The van der Waals surface area contributed by atoms with E-state index in [9.17, 15) is 9.59 Å². The fourth-order valence-corrected chi connectivity index (χ4v) is 2.91. The third-order valence-corrected chi connectivity index (χ3v) is 4.50. The van der Waals surface area contributed by atoms with Crippen molar-refractivity contribution < 1.29 is 28.3 Å². The maximum Gasteiger partial charge on any atom is 0.251 e. The summed E-state index contributed by atoms with van der Waals surface area (Å²) in [6.45, 7) is 0.146. The van der Waals surface area contributed by atoms with Gasteiger partial charge in [0.2, 0.25) is 0 Å². The molecular formula is C23H23NO6. The maximum absolute atomic E-state index is 12.2. The van der Waals surface area contributed by atoms with E-state index in [1.165, 1.54) is 0 Å². The van der Waals surface area contributed by atoms with Crippen LogP contribution in [0.15, 0.2) is 64.6 Å². The third kappa shape index (κ3) is 5.48. The quantitative estimate of drug-likeness (QED) is 0.503. The summed E-state index contributed by atoms with van der Waals surface area (Å²) >= 11 is 0. The molecule has 2 aromatic rings. The van der Waals surface area contributed by atoms with Crippen LogP contribution >= 0.6 is 0 Å². The summed E-state index contributed by atoms with van der Waals surface area (Å²) in [7, 11) is 3.13. The highest BCUT2D eigenvalue weighted by molar-refractivity contribution is 5.80. The molecule has 1 heterocycles. The van der Waals surface area contributed by atoms with E-state index in [0.717, 1.165) is 17.4 Å². The molecule has 1 N–H and O–H groups in total. The van der Waals surface area contributed by atoms with Gasteiger partial charge in [0.15, 0.2) is 0 Å². The number of hydrogen-bond acceptors (Lipinski definition) is 6. The van der Waals surface area contributed by atoms with Crippen molar-refractivity contribution in [1.82, 2.24) is 5.48 Å². The molecule has 0 atom stereocenters. The van der Waals surface area contributed by atoms with E-state index < -0.39 is 0 Å². The molecular weight excluding hydrogens is 386 g/mol. The smallest absolute Gasteiger partial charge is 0.251 e. The second-order valence-electron chi connectivity index (χ2n) is 6.51. The van der Waals surface area contributed by atoms with E-state index in [0.29, 0.717) is 35.0 Å². The van der Waals surface area contributed by atoms with Crippen molar-refractivity contribution in [1.29, 1.82) is 0 Å². The van der Waals surface area contributed by atoms with Crippen LogP contribution in [0.5, 0.6) is 11.5 Å². The van der Waals surface area contributed by atoms with Crippen LogP contribution in [0.3, 0.4) is 0 Å². The van der Waals surface area contributed by atoms with Gasteiger partial charge in [0, 0.05) is 17.2 Å². The normalized spacial score (nSPS) is 13.1. The van der Waals surface area contributed by atoms with Gasteiger partial charge in [0.05, 0.1) is 20.6 Å². The fraction of sp³-hybridized carbons (Fsp3) is 0.217. The molecule has 1 amide bonds. The Balaban J connectivity index is 1.52. The molecule has 156 valence electrons. The van der Waals surface area contributed by atoms with E-state index in [4.69, 9.17) is 18.7 Å². The summed E-state index contributed by atoms with van der Waals surface area (Å²) in [5, 5.41) is 0. The highest BCUT2D eigenvalue weighted by Crippen LogP contribution is 2.25. The molecule has 1 aromatic heterocycles. The van der Waals surface area contributed by atoms with Crippen molar-refractivity contribution in [3.05, 3.63) is 77.3 Å². The van der Waals surface area contributed by atoms with Crippen LogP contribution in [0.1, 0.15) is 23.5 Å². The van der Waals surface area contributed by atoms with Crippen LogP contribution in [0.25, 0.3) is 5.57 Å². The number of ether oxygens (including phenoxy) is 2. The van der Waals surface area contributed by atoms with E-state index in [1.807, 2.05) is 24.3 Å². The Hall–Kier alpha value is -3.58. The van der Waals surface area contributed by atoms with Gasteiger partial charge in [-0.05, 0) is 36.3 Å². The molecule has 1 aliphatic rings. The Morgan fingerprint density at radius 2 is 2.07 bits per heavy atom. The molecule has 0 fully saturated rings. The van der Waals surface area contributed by atoms with Crippen LogP contribution in [-0.2, 0) is 27.5 Å². The van der Waals surface area contributed by atoms with Gasteiger partial charge in [-0.3, -0.25) is 14.4 Å². The number of aldehydes is 1. The van der Waals surface area contributed by atoms with Gasteiger partial charge in [0.1, 0.15) is 35.9 Å². The Morgan fingerprint density at radius 3 is 2.83 bits per heavy atom. The first-order valence-corrected chi connectivity index (χ1v) is 9.36. The van der Waals surface area contributed by atoms with E-state index in [2.05, 4.69) is 5.48 Å². The average Bonchev–Trinajstić information content (AvgIpc) is 3.08. The number of hydrogen-bond donors (Lipinski definition) is 1. The van der Waals surface area contributed by atoms with Crippen molar-refractivity contribution in [2.75, 3.05) is 14.2 Å². The predicted octanol–water partition coefficient (Wildman–Crippen LogP) is 3.56. The van der Waals surface area contributed by atoms with Crippen LogP contribution < -0.4 is 15.0 Å². The van der Waals surface area contributed by atoms with Crippen LogP contribution in [0.2, 0.25) is 0 Å². The summed E-state index contributed by atoms with van der Waals surface area (Å²) in [5.74, 6) is 2.13. The van der Waals surface area contributed by atoms with Gasteiger partial charge in [-0.25, -0.2) is 5.48 Å². The van der Waals surface area contributed by atoms with Crippen LogP contribution in [0.4, 0.5) is 0 Å². The SMILES string of the molecule is COc1ccc(CONC(=O)Cc2ccc(C3=CC=CC(C=O)=CC3)o2)c(OC)c1. The van der Waals surface area contributed by atoms with E-state index in [1.54, 1.807) is 44.6 Å². The minimum absolute atomic E-state index is 0.0400. The monoisotopic (exact) mass is 409 g/mol. The molecule has 0 saturated carbocycles. The lowest BCUT2D eigenvalue weighted by Gasteiger charge is -2.11. The zero-order chi connectivity index (χ0) is 21.3. The van der Waals surface area contributed by atoms with Crippen molar-refractivity contribution in [2.24, 2.45) is 0 Å². The van der Waals surface area contributed by atoms with Gasteiger partial charge < -0.3 is 13.9 Å². The topological polar surface area (TPSA) is 87.0 Å². The lowest BCUT2D eigenvalue weighted by atomic mass is 10.1. The molecule has 0 unspecified atom stereocenters. The average molecular weight is 409 g/mol. The summed E-state index contributed by atoms with van der Waals surface area (Å²) in [4.78, 5) is 28.4. The summed E-state index contributed by atoms with van der Waals surface area (Å²) in [6, 6.07) is 8.90. The molecule has 0 radical (unpaired) electrons. The predicted molar refractivity (Wildman–Crippen MR) is 111 cm³/mol. The molecule has 7 heteroatoms. The molecule has 1 aromatic carbocycles. The van der Waals surface area contributed by atoms with E-state index in [-0.39, 0.29) is 18.9 Å². The molecule has 0 spiro atoms. The zero-order valence-corrected chi connectivity index (χ0v) is 16.8. The summed E-state index contributed by atoms with van der Waals surface area (Å²) in [6.07, 6.45) is 8.70. The zero-order valence-electron chi connectivity index (χ0n) is 16.8. The Kier molecular flexibility index (Phi) is 7.24. The highest BCUT2D eigenvalue weighted by atomic mass is 16.7. The van der Waals surface area contributed by atoms with Crippen molar-refractivity contribution in [3.63, 3.8) is 0 Å². The number of furan rings is 1. The van der Waals surface area contributed by atoms with Crippen molar-refractivity contribution in [3.8, 4) is 11.5 Å². The number of nitrogens with one attached hydrogen (secondary N) is 1. The number of benzene rings is 1. The van der Waals surface area contributed by atoms with Crippen molar-refractivity contribution >= 4 is 17.8 Å². The van der Waals surface area contributed by atoms with Gasteiger partial charge in [-0.15, -0.1) is 0 Å². The van der Waals surface area contributed by atoms with Crippen LogP contribution in [0, 0.1) is 0 Å². The van der Waals surface area contributed by atoms with Gasteiger partial charge >= 0.3 is 0 Å². The lowest BCUT2D eigenvalue weighted by Crippen LogP contribution is -2.25.